The lowest BCUT2D eigenvalue weighted by Crippen LogP contribution is -2.47. The van der Waals surface area contributed by atoms with Gasteiger partial charge >= 0.3 is 0 Å². The number of carbonyl (C=O) groups excluding carboxylic acids is 1. The molecule has 3 rings (SSSR count). The van der Waals surface area contributed by atoms with E-state index in [4.69, 9.17) is 11.6 Å². The van der Waals surface area contributed by atoms with Crippen LogP contribution in [0.4, 0.5) is 11.5 Å². The van der Waals surface area contributed by atoms with E-state index in [-0.39, 0.29) is 5.91 Å². The van der Waals surface area contributed by atoms with Gasteiger partial charge in [0.1, 0.15) is 0 Å². The van der Waals surface area contributed by atoms with Crippen molar-refractivity contribution < 1.29 is 4.79 Å². The van der Waals surface area contributed by atoms with Crippen LogP contribution in [0.3, 0.4) is 0 Å². The summed E-state index contributed by atoms with van der Waals surface area (Å²) in [5.41, 5.74) is 1.50. The number of anilines is 2. The van der Waals surface area contributed by atoms with Crippen LogP contribution in [0, 0.1) is 5.92 Å². The first kappa shape index (κ1) is 19.4. The predicted molar refractivity (Wildman–Crippen MR) is 110 cm³/mol. The van der Waals surface area contributed by atoms with E-state index in [1.165, 1.54) is 0 Å². The molecule has 144 valence electrons. The predicted octanol–water partition coefficient (Wildman–Crippen LogP) is 3.23. The van der Waals surface area contributed by atoms with Crippen LogP contribution in [0.1, 0.15) is 30.8 Å². The molecule has 27 heavy (non-hydrogen) atoms. The minimum Gasteiger partial charge on any atom is -0.368 e. The molecule has 0 spiro atoms. The van der Waals surface area contributed by atoms with E-state index in [1.807, 2.05) is 24.3 Å². The van der Waals surface area contributed by atoms with Gasteiger partial charge in [0.05, 0.1) is 0 Å². The molecule has 2 heterocycles. The van der Waals surface area contributed by atoms with Gasteiger partial charge < -0.3 is 15.1 Å². The van der Waals surface area contributed by atoms with Crippen molar-refractivity contribution in [3.8, 4) is 0 Å². The lowest BCUT2D eigenvalue weighted by atomic mass is 10.1. The van der Waals surface area contributed by atoms with Gasteiger partial charge in [0, 0.05) is 43.4 Å². The molecule has 2 aromatic rings. The largest absolute Gasteiger partial charge is 0.368 e. The van der Waals surface area contributed by atoms with E-state index < -0.39 is 0 Å². The second kappa shape index (κ2) is 9.04. The number of aromatic nitrogens is 2. The lowest BCUT2D eigenvalue weighted by Gasteiger charge is -2.36. The maximum Gasteiger partial charge on any atom is 0.271 e. The third kappa shape index (κ3) is 5.32. The van der Waals surface area contributed by atoms with Crippen LogP contribution in [0.15, 0.2) is 36.4 Å². The molecule has 0 radical (unpaired) electrons. The summed E-state index contributed by atoms with van der Waals surface area (Å²) < 4.78 is 0. The van der Waals surface area contributed by atoms with Crippen LogP contribution in [0.5, 0.6) is 0 Å². The van der Waals surface area contributed by atoms with Crippen molar-refractivity contribution in [2.45, 2.75) is 20.3 Å². The third-order valence-electron chi connectivity index (χ3n) is 4.67. The molecule has 1 fully saturated rings. The standard InChI is InChI=1S/C20H26ClN5O/c1-15(2)8-9-22-20(27)18-6-7-19(24-23-18)26-12-10-25(11-13-26)17-5-3-4-16(21)14-17/h3-7,14-15H,8-13H2,1-2H3,(H,22,27). The summed E-state index contributed by atoms with van der Waals surface area (Å²) in [5.74, 6) is 1.20. The summed E-state index contributed by atoms with van der Waals surface area (Å²) in [4.78, 5) is 16.6. The highest BCUT2D eigenvalue weighted by molar-refractivity contribution is 6.30. The number of amides is 1. The molecule has 1 aliphatic heterocycles. The molecule has 0 atom stereocenters. The zero-order valence-electron chi connectivity index (χ0n) is 15.9. The fraction of sp³-hybridized carbons (Fsp3) is 0.450. The van der Waals surface area contributed by atoms with Crippen molar-refractivity contribution in [1.29, 1.82) is 0 Å². The number of nitrogens with one attached hydrogen (secondary N) is 1. The number of piperazine rings is 1. The molecule has 7 heteroatoms. The van der Waals surface area contributed by atoms with Crippen molar-refractivity contribution in [1.82, 2.24) is 15.5 Å². The Bertz CT molecular complexity index is 757. The van der Waals surface area contributed by atoms with Gasteiger partial charge in [0.15, 0.2) is 11.5 Å². The van der Waals surface area contributed by atoms with Crippen molar-refractivity contribution in [3.63, 3.8) is 0 Å². The summed E-state index contributed by atoms with van der Waals surface area (Å²) in [7, 11) is 0. The Morgan fingerprint density at radius 2 is 1.85 bits per heavy atom. The Labute approximate surface area is 165 Å². The monoisotopic (exact) mass is 387 g/mol. The molecular weight excluding hydrogens is 362 g/mol. The third-order valence-corrected chi connectivity index (χ3v) is 4.90. The van der Waals surface area contributed by atoms with E-state index in [0.29, 0.717) is 18.2 Å². The highest BCUT2D eigenvalue weighted by atomic mass is 35.5. The van der Waals surface area contributed by atoms with Crippen molar-refractivity contribution in [2.24, 2.45) is 5.92 Å². The SMILES string of the molecule is CC(C)CCNC(=O)c1ccc(N2CCN(c3cccc(Cl)c3)CC2)nn1. The zero-order chi connectivity index (χ0) is 19.2. The van der Waals surface area contributed by atoms with Gasteiger partial charge in [-0.25, -0.2) is 0 Å². The van der Waals surface area contributed by atoms with Gasteiger partial charge in [-0.2, -0.15) is 0 Å². The van der Waals surface area contributed by atoms with Gasteiger partial charge in [-0.15, -0.1) is 10.2 Å². The topological polar surface area (TPSA) is 61.4 Å². The highest BCUT2D eigenvalue weighted by Gasteiger charge is 2.19. The fourth-order valence-electron chi connectivity index (χ4n) is 3.05. The summed E-state index contributed by atoms with van der Waals surface area (Å²) in [5, 5.41) is 12.0. The maximum absolute atomic E-state index is 12.1. The van der Waals surface area contributed by atoms with E-state index in [9.17, 15) is 4.79 Å². The Morgan fingerprint density at radius 3 is 2.48 bits per heavy atom. The normalized spacial score (nSPS) is 14.5. The summed E-state index contributed by atoms with van der Waals surface area (Å²) in [6, 6.07) is 11.5. The average molecular weight is 388 g/mol. The quantitative estimate of drug-likeness (QED) is 0.824. The minimum absolute atomic E-state index is 0.166. The molecular formula is C20H26ClN5O. The van der Waals surface area contributed by atoms with Crippen molar-refractivity contribution >= 4 is 29.0 Å². The van der Waals surface area contributed by atoms with Gasteiger partial charge in [-0.1, -0.05) is 31.5 Å². The van der Waals surface area contributed by atoms with Crippen LogP contribution in [-0.2, 0) is 0 Å². The summed E-state index contributed by atoms with van der Waals surface area (Å²) in [6.45, 7) is 8.40. The summed E-state index contributed by atoms with van der Waals surface area (Å²) >= 11 is 6.09. The molecule has 1 aliphatic rings. The van der Waals surface area contributed by atoms with E-state index in [1.54, 1.807) is 6.07 Å². The number of rotatable bonds is 6. The van der Waals surface area contributed by atoms with Gasteiger partial charge in [-0.05, 0) is 42.7 Å². The Hall–Kier alpha value is -2.34. The van der Waals surface area contributed by atoms with Crippen LogP contribution in [0.2, 0.25) is 5.02 Å². The van der Waals surface area contributed by atoms with Crippen molar-refractivity contribution in [2.75, 3.05) is 42.5 Å². The Morgan fingerprint density at radius 1 is 1.11 bits per heavy atom. The van der Waals surface area contributed by atoms with Crippen LogP contribution < -0.4 is 15.1 Å². The second-order valence-electron chi connectivity index (χ2n) is 7.17. The van der Waals surface area contributed by atoms with Crippen molar-refractivity contribution in [3.05, 3.63) is 47.1 Å². The van der Waals surface area contributed by atoms with E-state index >= 15 is 0 Å². The molecule has 1 aromatic heterocycles. The molecule has 1 amide bonds. The maximum atomic E-state index is 12.1. The molecule has 0 unspecified atom stereocenters. The number of benzene rings is 1. The highest BCUT2D eigenvalue weighted by Crippen LogP contribution is 2.22. The molecule has 6 nitrogen and oxygen atoms in total. The fourth-order valence-corrected chi connectivity index (χ4v) is 3.23. The first-order valence-electron chi connectivity index (χ1n) is 9.40. The molecule has 0 aliphatic carbocycles. The number of nitrogens with zero attached hydrogens (tertiary/aromatic N) is 4. The molecule has 0 saturated carbocycles. The molecule has 1 N–H and O–H groups in total. The molecule has 0 bridgehead atoms. The molecule has 1 saturated heterocycles. The Kier molecular flexibility index (Phi) is 6.50. The number of carbonyl (C=O) groups is 1. The lowest BCUT2D eigenvalue weighted by molar-refractivity contribution is 0.0946. The Balaban J connectivity index is 1.53. The average Bonchev–Trinajstić information content (AvgIpc) is 2.68. The first-order valence-corrected chi connectivity index (χ1v) is 9.78. The van der Waals surface area contributed by atoms with E-state index in [2.05, 4.69) is 45.2 Å². The van der Waals surface area contributed by atoms with Crippen LogP contribution in [0.25, 0.3) is 0 Å². The minimum atomic E-state index is -0.166. The number of halogens is 1. The zero-order valence-corrected chi connectivity index (χ0v) is 16.6. The van der Waals surface area contributed by atoms with Gasteiger partial charge in [0.2, 0.25) is 0 Å². The first-order chi connectivity index (χ1) is 13.0. The summed E-state index contributed by atoms with van der Waals surface area (Å²) in [6.07, 6.45) is 0.953. The molecule has 1 aromatic carbocycles. The number of hydrogen-bond acceptors (Lipinski definition) is 5. The van der Waals surface area contributed by atoms with Gasteiger partial charge in [-0.3, -0.25) is 4.79 Å². The number of hydrogen-bond donors (Lipinski definition) is 1. The van der Waals surface area contributed by atoms with Crippen LogP contribution >= 0.6 is 11.6 Å². The van der Waals surface area contributed by atoms with E-state index in [0.717, 1.165) is 49.1 Å². The second-order valence-corrected chi connectivity index (χ2v) is 7.61. The smallest absolute Gasteiger partial charge is 0.271 e. The van der Waals surface area contributed by atoms with Gasteiger partial charge in [0.25, 0.3) is 5.91 Å². The van der Waals surface area contributed by atoms with Crippen LogP contribution in [-0.4, -0.2) is 48.8 Å².